The molecular weight excluding hydrogens is 190 g/mol. The van der Waals surface area contributed by atoms with Gasteiger partial charge in [0.15, 0.2) is 5.88 Å². The number of rotatable bonds is 1. The van der Waals surface area contributed by atoms with E-state index in [1.54, 1.807) is 12.4 Å². The number of benzene rings is 1. The summed E-state index contributed by atoms with van der Waals surface area (Å²) in [6, 6.07) is 9.47. The SMILES string of the molecule is Nc1ccc(-c2cccc3[nH]cnc23)o1. The summed E-state index contributed by atoms with van der Waals surface area (Å²) in [5.74, 6) is 1.16. The molecule has 15 heavy (non-hydrogen) atoms. The fourth-order valence-electron chi connectivity index (χ4n) is 1.66. The molecule has 0 atom stereocenters. The minimum atomic E-state index is 0.414. The maximum absolute atomic E-state index is 5.54. The third kappa shape index (κ3) is 1.19. The van der Waals surface area contributed by atoms with Crippen molar-refractivity contribution in [1.29, 1.82) is 0 Å². The Balaban J connectivity index is 2.30. The standard InChI is InChI=1S/C11H9N3O/c12-10-5-4-9(15-10)7-2-1-3-8-11(7)14-6-13-8/h1-6H,12H2,(H,13,14). The molecule has 0 aliphatic rings. The van der Waals surface area contributed by atoms with Crippen LogP contribution < -0.4 is 5.73 Å². The van der Waals surface area contributed by atoms with Crippen LogP contribution in [0.5, 0.6) is 0 Å². The summed E-state index contributed by atoms with van der Waals surface area (Å²) in [5, 5.41) is 0. The molecule has 3 aromatic rings. The molecule has 74 valence electrons. The maximum Gasteiger partial charge on any atom is 0.190 e. The van der Waals surface area contributed by atoms with E-state index in [0.717, 1.165) is 22.4 Å². The van der Waals surface area contributed by atoms with Gasteiger partial charge in [-0.15, -0.1) is 0 Å². The summed E-state index contributed by atoms with van der Waals surface area (Å²) in [7, 11) is 0. The number of H-pyrrole nitrogens is 1. The van der Waals surface area contributed by atoms with Crippen LogP contribution in [0.2, 0.25) is 0 Å². The minimum Gasteiger partial charge on any atom is -0.441 e. The number of nitrogens with zero attached hydrogens (tertiary/aromatic N) is 1. The number of nitrogens with one attached hydrogen (secondary N) is 1. The normalized spacial score (nSPS) is 10.9. The van der Waals surface area contributed by atoms with Crippen LogP contribution >= 0.6 is 0 Å². The van der Waals surface area contributed by atoms with E-state index in [-0.39, 0.29) is 0 Å². The predicted octanol–water partition coefficient (Wildman–Crippen LogP) is 2.41. The van der Waals surface area contributed by atoms with Gasteiger partial charge < -0.3 is 15.1 Å². The van der Waals surface area contributed by atoms with E-state index in [1.165, 1.54) is 0 Å². The summed E-state index contributed by atoms with van der Waals surface area (Å²) < 4.78 is 5.37. The predicted molar refractivity (Wildman–Crippen MR) is 58.2 cm³/mol. The lowest BCUT2D eigenvalue weighted by Crippen LogP contribution is -1.79. The molecule has 0 unspecified atom stereocenters. The summed E-state index contributed by atoms with van der Waals surface area (Å²) in [5.41, 5.74) is 8.37. The van der Waals surface area contributed by atoms with E-state index in [1.807, 2.05) is 24.3 Å². The van der Waals surface area contributed by atoms with Gasteiger partial charge in [-0.2, -0.15) is 0 Å². The molecule has 0 radical (unpaired) electrons. The molecule has 0 amide bonds. The van der Waals surface area contributed by atoms with Crippen LogP contribution in [0.25, 0.3) is 22.4 Å². The molecule has 0 spiro atoms. The molecule has 2 heterocycles. The molecule has 4 nitrogen and oxygen atoms in total. The quantitative estimate of drug-likeness (QED) is 0.632. The first-order chi connectivity index (χ1) is 7.34. The Hall–Kier alpha value is -2.23. The van der Waals surface area contributed by atoms with Crippen molar-refractivity contribution in [2.75, 3.05) is 5.73 Å². The van der Waals surface area contributed by atoms with Crippen LogP contribution in [0.4, 0.5) is 5.88 Å². The fraction of sp³-hybridized carbons (Fsp3) is 0. The van der Waals surface area contributed by atoms with Crippen molar-refractivity contribution in [3.63, 3.8) is 0 Å². The number of fused-ring (bicyclic) bond motifs is 1. The molecule has 0 aliphatic carbocycles. The number of hydrogen-bond acceptors (Lipinski definition) is 3. The van der Waals surface area contributed by atoms with Crippen molar-refractivity contribution < 1.29 is 4.42 Å². The average Bonchev–Trinajstić information content (AvgIpc) is 2.84. The number of para-hydroxylation sites is 1. The molecule has 3 rings (SSSR count). The van der Waals surface area contributed by atoms with Gasteiger partial charge in [-0.3, -0.25) is 0 Å². The fourth-order valence-corrected chi connectivity index (χ4v) is 1.66. The van der Waals surface area contributed by atoms with Crippen LogP contribution in [0, 0.1) is 0 Å². The Kier molecular flexibility index (Phi) is 1.56. The van der Waals surface area contributed by atoms with Gasteiger partial charge in [-0.05, 0) is 18.2 Å². The molecular formula is C11H9N3O. The third-order valence-corrected chi connectivity index (χ3v) is 2.34. The van der Waals surface area contributed by atoms with Gasteiger partial charge in [0, 0.05) is 11.6 Å². The van der Waals surface area contributed by atoms with Crippen LogP contribution in [0.3, 0.4) is 0 Å². The van der Waals surface area contributed by atoms with Gasteiger partial charge in [0.1, 0.15) is 5.76 Å². The third-order valence-electron chi connectivity index (χ3n) is 2.34. The first-order valence-electron chi connectivity index (χ1n) is 4.62. The van der Waals surface area contributed by atoms with Crippen molar-refractivity contribution in [3.8, 4) is 11.3 Å². The van der Waals surface area contributed by atoms with Crippen LogP contribution in [-0.4, -0.2) is 9.97 Å². The summed E-state index contributed by atoms with van der Waals surface area (Å²) in [6.07, 6.45) is 1.67. The first-order valence-corrected chi connectivity index (χ1v) is 4.62. The largest absolute Gasteiger partial charge is 0.441 e. The zero-order valence-electron chi connectivity index (χ0n) is 7.90. The number of aromatic amines is 1. The number of nitrogens with two attached hydrogens (primary N) is 1. The average molecular weight is 199 g/mol. The highest BCUT2D eigenvalue weighted by Crippen LogP contribution is 2.28. The topological polar surface area (TPSA) is 67.8 Å². The van der Waals surface area contributed by atoms with Gasteiger partial charge in [-0.1, -0.05) is 6.07 Å². The molecule has 0 fully saturated rings. The zero-order chi connectivity index (χ0) is 10.3. The molecule has 2 aromatic heterocycles. The Morgan fingerprint density at radius 1 is 1.20 bits per heavy atom. The van der Waals surface area contributed by atoms with E-state index in [0.29, 0.717) is 5.88 Å². The summed E-state index contributed by atoms with van der Waals surface area (Å²) >= 11 is 0. The Bertz CT molecular complexity index is 609. The van der Waals surface area contributed by atoms with Gasteiger partial charge in [0.25, 0.3) is 0 Å². The maximum atomic E-state index is 5.54. The van der Waals surface area contributed by atoms with Crippen molar-refractivity contribution in [2.24, 2.45) is 0 Å². The van der Waals surface area contributed by atoms with Crippen LogP contribution in [0.1, 0.15) is 0 Å². The summed E-state index contributed by atoms with van der Waals surface area (Å²) in [4.78, 5) is 7.30. The highest BCUT2D eigenvalue weighted by molar-refractivity contribution is 5.90. The number of hydrogen-bond donors (Lipinski definition) is 2. The number of imidazole rings is 1. The molecule has 0 aliphatic heterocycles. The van der Waals surface area contributed by atoms with Gasteiger partial charge in [0.05, 0.1) is 17.4 Å². The van der Waals surface area contributed by atoms with E-state index < -0.39 is 0 Å². The van der Waals surface area contributed by atoms with Crippen LogP contribution in [-0.2, 0) is 0 Å². The van der Waals surface area contributed by atoms with Gasteiger partial charge >= 0.3 is 0 Å². The van der Waals surface area contributed by atoms with Gasteiger partial charge in [-0.25, -0.2) is 4.98 Å². The van der Waals surface area contributed by atoms with E-state index in [9.17, 15) is 0 Å². The van der Waals surface area contributed by atoms with Crippen molar-refractivity contribution in [2.45, 2.75) is 0 Å². The monoisotopic (exact) mass is 199 g/mol. The van der Waals surface area contributed by atoms with E-state index >= 15 is 0 Å². The number of anilines is 1. The molecule has 3 N–H and O–H groups in total. The van der Waals surface area contributed by atoms with E-state index in [4.69, 9.17) is 10.2 Å². The minimum absolute atomic E-state index is 0.414. The second-order valence-corrected chi connectivity index (χ2v) is 3.31. The van der Waals surface area contributed by atoms with E-state index in [2.05, 4.69) is 9.97 Å². The molecule has 4 heteroatoms. The van der Waals surface area contributed by atoms with Crippen molar-refractivity contribution in [3.05, 3.63) is 36.7 Å². The molecule has 0 saturated heterocycles. The number of furan rings is 1. The lowest BCUT2D eigenvalue weighted by Gasteiger charge is -1.97. The Morgan fingerprint density at radius 2 is 2.13 bits per heavy atom. The lowest BCUT2D eigenvalue weighted by atomic mass is 10.1. The molecule has 0 bridgehead atoms. The molecule has 0 saturated carbocycles. The second kappa shape index (κ2) is 2.88. The van der Waals surface area contributed by atoms with Crippen molar-refractivity contribution >= 4 is 16.9 Å². The first kappa shape index (κ1) is 8.11. The Labute approximate surface area is 85.7 Å². The summed E-state index contributed by atoms with van der Waals surface area (Å²) in [6.45, 7) is 0. The Morgan fingerprint density at radius 3 is 2.93 bits per heavy atom. The zero-order valence-corrected chi connectivity index (χ0v) is 7.90. The smallest absolute Gasteiger partial charge is 0.190 e. The van der Waals surface area contributed by atoms with Crippen molar-refractivity contribution in [1.82, 2.24) is 9.97 Å². The number of nitrogen functional groups attached to an aromatic ring is 1. The van der Waals surface area contributed by atoms with Gasteiger partial charge in [0.2, 0.25) is 0 Å². The highest BCUT2D eigenvalue weighted by Gasteiger charge is 2.08. The molecule has 1 aromatic carbocycles. The second-order valence-electron chi connectivity index (χ2n) is 3.31. The number of aromatic nitrogens is 2. The van der Waals surface area contributed by atoms with Crippen LogP contribution in [0.15, 0.2) is 41.1 Å². The lowest BCUT2D eigenvalue weighted by molar-refractivity contribution is 0.603. The highest BCUT2D eigenvalue weighted by atomic mass is 16.3.